The fourth-order valence-electron chi connectivity index (χ4n) is 1.59. The molecule has 106 valence electrons. The molecule has 0 atom stereocenters. The van der Waals surface area contributed by atoms with Crippen LogP contribution < -0.4 is 10.1 Å². The van der Waals surface area contributed by atoms with Gasteiger partial charge in [0.25, 0.3) is 5.91 Å². The molecule has 0 unspecified atom stereocenters. The lowest BCUT2D eigenvalue weighted by Crippen LogP contribution is -2.31. The molecule has 2 rings (SSSR count). The first-order valence-electron chi connectivity index (χ1n) is 6.29. The first-order valence-corrected chi connectivity index (χ1v) is 6.29. The van der Waals surface area contributed by atoms with Crippen LogP contribution in [-0.4, -0.2) is 42.6 Å². The van der Waals surface area contributed by atoms with Crippen LogP contribution in [0, 0.1) is 0 Å². The van der Waals surface area contributed by atoms with E-state index in [2.05, 4.69) is 10.4 Å². The van der Waals surface area contributed by atoms with Crippen LogP contribution in [0.25, 0.3) is 5.69 Å². The van der Waals surface area contributed by atoms with E-state index in [0.717, 1.165) is 5.69 Å². The zero-order valence-corrected chi connectivity index (χ0v) is 11.3. The van der Waals surface area contributed by atoms with Crippen molar-refractivity contribution in [3.63, 3.8) is 0 Å². The zero-order valence-electron chi connectivity index (χ0n) is 11.3. The number of nitrogens with zero attached hydrogens (tertiary/aromatic N) is 2. The highest BCUT2D eigenvalue weighted by Crippen LogP contribution is 2.11. The second-order valence-electron chi connectivity index (χ2n) is 4.07. The van der Waals surface area contributed by atoms with Gasteiger partial charge < -0.3 is 14.8 Å². The SMILES string of the molecule is COCCNC(=O)COc1ccn(-c2ccccc2)n1. The highest BCUT2D eigenvalue weighted by molar-refractivity contribution is 5.77. The molecule has 1 aromatic carbocycles. The van der Waals surface area contributed by atoms with E-state index in [-0.39, 0.29) is 12.5 Å². The van der Waals surface area contributed by atoms with Gasteiger partial charge in [0.05, 0.1) is 12.3 Å². The Balaban J connectivity index is 1.83. The number of nitrogens with one attached hydrogen (secondary N) is 1. The number of carbonyl (C=O) groups excluding carboxylic acids is 1. The summed E-state index contributed by atoms with van der Waals surface area (Å²) in [5.41, 5.74) is 0.937. The molecule has 1 amide bonds. The van der Waals surface area contributed by atoms with Gasteiger partial charge >= 0.3 is 0 Å². The third-order valence-electron chi connectivity index (χ3n) is 2.56. The molecule has 0 radical (unpaired) electrons. The molecule has 6 heteroatoms. The van der Waals surface area contributed by atoms with Crippen LogP contribution in [0.3, 0.4) is 0 Å². The number of ether oxygens (including phenoxy) is 2. The number of carbonyl (C=O) groups is 1. The topological polar surface area (TPSA) is 65.4 Å². The van der Waals surface area contributed by atoms with Crippen molar-refractivity contribution >= 4 is 5.91 Å². The van der Waals surface area contributed by atoms with Crippen LogP contribution in [-0.2, 0) is 9.53 Å². The Morgan fingerprint density at radius 2 is 2.10 bits per heavy atom. The molecule has 1 aromatic heterocycles. The summed E-state index contributed by atoms with van der Waals surface area (Å²) in [5, 5.41) is 6.91. The summed E-state index contributed by atoms with van der Waals surface area (Å²) in [4.78, 5) is 11.4. The molecule has 0 aliphatic rings. The van der Waals surface area contributed by atoms with E-state index in [9.17, 15) is 4.79 Å². The lowest BCUT2D eigenvalue weighted by Gasteiger charge is -2.05. The van der Waals surface area contributed by atoms with Crippen molar-refractivity contribution in [3.05, 3.63) is 42.6 Å². The maximum atomic E-state index is 11.4. The Kier molecular flexibility index (Phi) is 5.14. The molecule has 0 aliphatic carbocycles. The molecule has 0 aliphatic heterocycles. The van der Waals surface area contributed by atoms with Gasteiger partial charge in [-0.15, -0.1) is 5.10 Å². The van der Waals surface area contributed by atoms with Crippen molar-refractivity contribution in [1.29, 1.82) is 0 Å². The van der Waals surface area contributed by atoms with Gasteiger partial charge in [-0.25, -0.2) is 4.68 Å². The molecule has 1 heterocycles. The summed E-state index contributed by atoms with van der Waals surface area (Å²) in [6.07, 6.45) is 1.79. The summed E-state index contributed by atoms with van der Waals surface area (Å²) in [6, 6.07) is 11.4. The van der Waals surface area contributed by atoms with Crippen molar-refractivity contribution in [3.8, 4) is 11.6 Å². The monoisotopic (exact) mass is 275 g/mol. The van der Waals surface area contributed by atoms with Crippen molar-refractivity contribution in [2.75, 3.05) is 26.9 Å². The number of rotatable bonds is 7. The third kappa shape index (κ3) is 4.10. The molecular weight excluding hydrogens is 258 g/mol. The second-order valence-corrected chi connectivity index (χ2v) is 4.07. The summed E-state index contributed by atoms with van der Waals surface area (Å²) < 4.78 is 11.8. The van der Waals surface area contributed by atoms with E-state index < -0.39 is 0 Å². The van der Waals surface area contributed by atoms with E-state index in [1.165, 1.54) is 0 Å². The molecule has 2 aromatic rings. The molecule has 0 saturated heterocycles. The number of hydrogen-bond donors (Lipinski definition) is 1. The number of hydrogen-bond acceptors (Lipinski definition) is 4. The highest BCUT2D eigenvalue weighted by atomic mass is 16.5. The molecule has 1 N–H and O–H groups in total. The quantitative estimate of drug-likeness (QED) is 0.766. The number of benzene rings is 1. The average molecular weight is 275 g/mol. The van der Waals surface area contributed by atoms with Crippen LogP contribution in [0.5, 0.6) is 5.88 Å². The van der Waals surface area contributed by atoms with Gasteiger partial charge in [0.15, 0.2) is 6.61 Å². The van der Waals surface area contributed by atoms with Gasteiger partial charge in [-0.1, -0.05) is 18.2 Å². The van der Waals surface area contributed by atoms with Crippen molar-refractivity contribution in [2.45, 2.75) is 0 Å². The Morgan fingerprint density at radius 1 is 1.30 bits per heavy atom. The van der Waals surface area contributed by atoms with E-state index >= 15 is 0 Å². The van der Waals surface area contributed by atoms with Crippen LogP contribution in [0.2, 0.25) is 0 Å². The highest BCUT2D eigenvalue weighted by Gasteiger charge is 2.05. The molecule has 0 saturated carbocycles. The lowest BCUT2D eigenvalue weighted by atomic mass is 10.3. The fraction of sp³-hybridized carbons (Fsp3) is 0.286. The minimum atomic E-state index is -0.198. The third-order valence-corrected chi connectivity index (χ3v) is 2.56. The molecule has 0 spiro atoms. The van der Waals surface area contributed by atoms with Crippen molar-refractivity contribution in [1.82, 2.24) is 15.1 Å². The second kappa shape index (κ2) is 7.30. The predicted molar refractivity (Wildman–Crippen MR) is 73.9 cm³/mol. The van der Waals surface area contributed by atoms with Gasteiger partial charge in [0, 0.05) is 25.9 Å². The maximum absolute atomic E-state index is 11.4. The van der Waals surface area contributed by atoms with Crippen molar-refractivity contribution in [2.24, 2.45) is 0 Å². The average Bonchev–Trinajstić information content (AvgIpc) is 2.95. The lowest BCUT2D eigenvalue weighted by molar-refractivity contribution is -0.123. The van der Waals surface area contributed by atoms with Crippen LogP contribution in [0.4, 0.5) is 0 Å². The smallest absolute Gasteiger partial charge is 0.258 e. The maximum Gasteiger partial charge on any atom is 0.258 e. The number of amides is 1. The summed E-state index contributed by atoms with van der Waals surface area (Å²) in [6.45, 7) is 0.890. The van der Waals surface area contributed by atoms with Crippen LogP contribution in [0.1, 0.15) is 0 Å². The molecular formula is C14H17N3O3. The largest absolute Gasteiger partial charge is 0.466 e. The standard InChI is InChI=1S/C14H17N3O3/c1-19-10-8-15-13(18)11-20-14-7-9-17(16-14)12-5-3-2-4-6-12/h2-7,9H,8,10-11H2,1H3,(H,15,18). The normalized spacial score (nSPS) is 10.2. The van der Waals surface area contributed by atoms with Gasteiger partial charge in [-0.05, 0) is 12.1 Å². The Bertz CT molecular complexity index is 540. The minimum absolute atomic E-state index is 0.0600. The zero-order chi connectivity index (χ0) is 14.2. The number of aromatic nitrogens is 2. The summed E-state index contributed by atoms with van der Waals surface area (Å²) >= 11 is 0. The Hall–Kier alpha value is -2.34. The van der Waals surface area contributed by atoms with E-state index in [4.69, 9.17) is 9.47 Å². The summed E-state index contributed by atoms with van der Waals surface area (Å²) in [5.74, 6) is 0.215. The predicted octanol–water partition coefficient (Wildman–Crippen LogP) is 1.01. The molecule has 6 nitrogen and oxygen atoms in total. The molecule has 0 bridgehead atoms. The van der Waals surface area contributed by atoms with E-state index in [1.54, 1.807) is 24.1 Å². The Labute approximate surface area is 117 Å². The van der Waals surface area contributed by atoms with Crippen LogP contribution >= 0.6 is 0 Å². The number of methoxy groups -OCH3 is 1. The van der Waals surface area contributed by atoms with Crippen molar-refractivity contribution < 1.29 is 14.3 Å². The molecule has 0 fully saturated rings. The fourth-order valence-corrected chi connectivity index (χ4v) is 1.59. The number of para-hydroxylation sites is 1. The molecule has 20 heavy (non-hydrogen) atoms. The van der Waals surface area contributed by atoms with Gasteiger partial charge in [0.1, 0.15) is 0 Å². The van der Waals surface area contributed by atoms with Gasteiger partial charge in [0.2, 0.25) is 5.88 Å². The van der Waals surface area contributed by atoms with E-state index in [1.807, 2.05) is 30.3 Å². The first-order chi connectivity index (χ1) is 9.79. The van der Waals surface area contributed by atoms with Gasteiger partial charge in [-0.3, -0.25) is 4.79 Å². The minimum Gasteiger partial charge on any atom is -0.466 e. The summed E-state index contributed by atoms with van der Waals surface area (Å²) in [7, 11) is 1.58. The Morgan fingerprint density at radius 3 is 2.85 bits per heavy atom. The van der Waals surface area contributed by atoms with Gasteiger partial charge in [-0.2, -0.15) is 0 Å². The van der Waals surface area contributed by atoms with Crippen LogP contribution in [0.15, 0.2) is 42.6 Å². The first kappa shape index (κ1) is 14.1. The van der Waals surface area contributed by atoms with E-state index in [0.29, 0.717) is 19.0 Å².